The summed E-state index contributed by atoms with van der Waals surface area (Å²) >= 11 is 5.12. The summed E-state index contributed by atoms with van der Waals surface area (Å²) in [5, 5.41) is 18.0. The molecule has 1 aliphatic rings. The Morgan fingerprint density at radius 1 is 1.45 bits per heavy atom. The molecular formula is C22H29BrN4OS. The van der Waals surface area contributed by atoms with Crippen molar-refractivity contribution in [3.63, 3.8) is 0 Å². The lowest BCUT2D eigenvalue weighted by atomic mass is 9.72. The molecule has 0 fully saturated rings. The summed E-state index contributed by atoms with van der Waals surface area (Å²) < 4.78 is 2.85. The van der Waals surface area contributed by atoms with Crippen LogP contribution in [-0.4, -0.2) is 15.7 Å². The van der Waals surface area contributed by atoms with Gasteiger partial charge in [-0.2, -0.15) is 10.4 Å². The van der Waals surface area contributed by atoms with E-state index in [4.69, 9.17) is 0 Å². The fourth-order valence-corrected chi connectivity index (χ4v) is 5.53. The molecule has 0 aliphatic heterocycles. The van der Waals surface area contributed by atoms with E-state index in [0.29, 0.717) is 23.0 Å². The van der Waals surface area contributed by atoms with Gasteiger partial charge in [0.05, 0.1) is 28.2 Å². The molecule has 0 saturated heterocycles. The molecule has 1 amide bonds. The lowest BCUT2D eigenvalue weighted by Gasteiger charge is -2.33. The second-order valence-electron chi connectivity index (χ2n) is 9.18. The first kappa shape index (κ1) is 22.0. The maximum absolute atomic E-state index is 12.9. The number of nitriles is 1. The molecule has 0 saturated carbocycles. The number of halogens is 1. The lowest BCUT2D eigenvalue weighted by Crippen LogP contribution is -2.26. The number of fused-ring (bicyclic) bond motifs is 1. The molecule has 2 atom stereocenters. The average molecular weight is 477 g/mol. The molecule has 29 heavy (non-hydrogen) atoms. The SMILES string of the molecule is Cc1nn(CC(C)C(=O)Nc2sc3c(c2C#N)CCC(C(C)(C)C)C3)c(C)c1Br. The highest BCUT2D eigenvalue weighted by Gasteiger charge is 2.32. The Kier molecular flexibility index (Phi) is 6.26. The highest BCUT2D eigenvalue weighted by molar-refractivity contribution is 9.10. The van der Waals surface area contributed by atoms with Gasteiger partial charge in [0.25, 0.3) is 0 Å². The van der Waals surface area contributed by atoms with E-state index in [2.05, 4.69) is 53.2 Å². The molecule has 2 aromatic heterocycles. The fraction of sp³-hybridized carbons (Fsp3) is 0.591. The number of nitrogens with zero attached hydrogens (tertiary/aromatic N) is 3. The maximum Gasteiger partial charge on any atom is 0.229 e. The van der Waals surface area contributed by atoms with E-state index >= 15 is 0 Å². The summed E-state index contributed by atoms with van der Waals surface area (Å²) in [6.45, 7) is 13.2. The molecule has 2 heterocycles. The predicted octanol–water partition coefficient (Wildman–Crippen LogP) is 5.62. The number of thiophene rings is 1. The first-order chi connectivity index (χ1) is 13.5. The highest BCUT2D eigenvalue weighted by atomic mass is 79.9. The second-order valence-corrected chi connectivity index (χ2v) is 11.1. The zero-order valence-corrected chi connectivity index (χ0v) is 20.4. The third kappa shape index (κ3) is 4.44. The van der Waals surface area contributed by atoms with Crippen molar-refractivity contribution in [2.75, 3.05) is 5.32 Å². The Morgan fingerprint density at radius 3 is 2.69 bits per heavy atom. The van der Waals surface area contributed by atoms with Crippen LogP contribution in [0.4, 0.5) is 5.00 Å². The third-order valence-electron chi connectivity index (χ3n) is 6.03. The van der Waals surface area contributed by atoms with E-state index in [1.165, 1.54) is 4.88 Å². The van der Waals surface area contributed by atoms with E-state index < -0.39 is 0 Å². The number of hydrogen-bond donors (Lipinski definition) is 1. The molecule has 0 bridgehead atoms. The molecule has 1 aliphatic carbocycles. The number of hydrogen-bond acceptors (Lipinski definition) is 4. The van der Waals surface area contributed by atoms with Gasteiger partial charge >= 0.3 is 0 Å². The van der Waals surface area contributed by atoms with Crippen LogP contribution in [0.1, 0.15) is 61.5 Å². The Balaban J connectivity index is 1.76. The molecule has 156 valence electrons. The zero-order chi connectivity index (χ0) is 21.5. The second kappa shape index (κ2) is 8.23. The minimum absolute atomic E-state index is 0.0730. The number of rotatable bonds is 4. The van der Waals surface area contributed by atoms with Gasteiger partial charge in [0.15, 0.2) is 0 Å². The Morgan fingerprint density at radius 2 is 2.14 bits per heavy atom. The molecule has 1 N–H and O–H groups in total. The van der Waals surface area contributed by atoms with Crippen molar-refractivity contribution in [2.45, 2.75) is 67.3 Å². The standard InChI is InChI=1S/C22H29BrN4OS/c1-12(11-27-14(3)19(23)13(2)26-27)20(28)25-21-17(10-24)16-8-7-15(22(4,5)6)9-18(16)29-21/h12,15H,7-9,11H2,1-6H3,(H,25,28). The van der Waals surface area contributed by atoms with E-state index in [1.807, 2.05) is 25.5 Å². The lowest BCUT2D eigenvalue weighted by molar-refractivity contribution is -0.119. The van der Waals surface area contributed by atoms with Crippen molar-refractivity contribution in [3.05, 3.63) is 31.9 Å². The van der Waals surface area contributed by atoms with Gasteiger partial charge in [0.1, 0.15) is 11.1 Å². The van der Waals surface area contributed by atoms with Crippen molar-refractivity contribution in [1.82, 2.24) is 9.78 Å². The van der Waals surface area contributed by atoms with E-state index in [0.717, 1.165) is 40.7 Å². The number of anilines is 1. The molecule has 0 radical (unpaired) electrons. The topological polar surface area (TPSA) is 70.7 Å². The summed E-state index contributed by atoms with van der Waals surface area (Å²) in [4.78, 5) is 14.1. The molecule has 0 spiro atoms. The van der Waals surface area contributed by atoms with Crippen LogP contribution in [0.2, 0.25) is 0 Å². The van der Waals surface area contributed by atoms with Gasteiger partial charge in [-0.25, -0.2) is 0 Å². The first-order valence-electron chi connectivity index (χ1n) is 10.1. The molecule has 2 unspecified atom stereocenters. The molecule has 0 aromatic carbocycles. The zero-order valence-electron chi connectivity index (χ0n) is 18.0. The monoisotopic (exact) mass is 476 g/mol. The van der Waals surface area contributed by atoms with E-state index in [1.54, 1.807) is 11.3 Å². The van der Waals surface area contributed by atoms with Crippen LogP contribution in [0.15, 0.2) is 4.47 Å². The number of aryl methyl sites for hydroxylation is 1. The van der Waals surface area contributed by atoms with Crippen LogP contribution >= 0.6 is 27.3 Å². The molecular weight excluding hydrogens is 448 g/mol. The van der Waals surface area contributed by atoms with Crippen molar-refractivity contribution in [2.24, 2.45) is 17.3 Å². The van der Waals surface area contributed by atoms with Crippen molar-refractivity contribution < 1.29 is 4.79 Å². The van der Waals surface area contributed by atoms with Crippen molar-refractivity contribution >= 4 is 38.2 Å². The third-order valence-corrected chi connectivity index (χ3v) is 8.34. The Hall–Kier alpha value is -1.65. The van der Waals surface area contributed by atoms with Gasteiger partial charge in [0, 0.05) is 10.6 Å². The Labute approximate surface area is 185 Å². The first-order valence-corrected chi connectivity index (χ1v) is 11.7. The smallest absolute Gasteiger partial charge is 0.229 e. The highest BCUT2D eigenvalue weighted by Crippen LogP contribution is 2.44. The van der Waals surface area contributed by atoms with Gasteiger partial charge in [-0.3, -0.25) is 9.48 Å². The van der Waals surface area contributed by atoms with Crippen LogP contribution in [0.3, 0.4) is 0 Å². The van der Waals surface area contributed by atoms with Crippen molar-refractivity contribution in [3.8, 4) is 6.07 Å². The predicted molar refractivity (Wildman–Crippen MR) is 121 cm³/mol. The number of amides is 1. The summed E-state index contributed by atoms with van der Waals surface area (Å²) in [7, 11) is 0. The summed E-state index contributed by atoms with van der Waals surface area (Å²) in [6.07, 6.45) is 3.00. The maximum atomic E-state index is 12.9. The Bertz CT molecular complexity index is 977. The van der Waals surface area contributed by atoms with Gasteiger partial charge < -0.3 is 5.32 Å². The minimum Gasteiger partial charge on any atom is -0.316 e. The summed E-state index contributed by atoms with van der Waals surface area (Å²) in [5.41, 5.74) is 3.98. The van der Waals surface area contributed by atoms with Crippen LogP contribution in [0, 0.1) is 42.4 Å². The molecule has 5 nitrogen and oxygen atoms in total. The fourth-order valence-electron chi connectivity index (χ4n) is 3.96. The number of carbonyl (C=O) groups is 1. The minimum atomic E-state index is -0.257. The molecule has 7 heteroatoms. The summed E-state index contributed by atoms with van der Waals surface area (Å²) in [5.74, 6) is 0.274. The molecule has 3 rings (SSSR count). The van der Waals surface area contributed by atoms with Crippen LogP contribution in [-0.2, 0) is 24.2 Å². The van der Waals surface area contributed by atoms with Gasteiger partial charge in [-0.05, 0) is 65.9 Å². The van der Waals surface area contributed by atoms with Gasteiger partial charge in [-0.15, -0.1) is 11.3 Å². The number of aromatic nitrogens is 2. The largest absolute Gasteiger partial charge is 0.316 e. The van der Waals surface area contributed by atoms with Crippen molar-refractivity contribution in [1.29, 1.82) is 5.26 Å². The normalized spacial score (nSPS) is 17.5. The van der Waals surface area contributed by atoms with Crippen LogP contribution < -0.4 is 5.32 Å². The number of nitrogens with one attached hydrogen (secondary N) is 1. The van der Waals surface area contributed by atoms with Gasteiger partial charge in [-0.1, -0.05) is 27.7 Å². The average Bonchev–Trinajstić information content (AvgIpc) is 3.11. The summed E-state index contributed by atoms with van der Waals surface area (Å²) in [6, 6.07) is 2.34. The van der Waals surface area contributed by atoms with E-state index in [-0.39, 0.29) is 17.2 Å². The van der Waals surface area contributed by atoms with Gasteiger partial charge in [0.2, 0.25) is 5.91 Å². The quantitative estimate of drug-likeness (QED) is 0.621. The van der Waals surface area contributed by atoms with E-state index in [9.17, 15) is 10.1 Å². The number of carbonyl (C=O) groups excluding carboxylic acids is 1. The molecule has 2 aromatic rings. The van der Waals surface area contributed by atoms with Crippen LogP contribution in [0.5, 0.6) is 0 Å². The van der Waals surface area contributed by atoms with Crippen LogP contribution in [0.25, 0.3) is 0 Å².